The number of hydrogen-bond donors (Lipinski definition) is 1. The summed E-state index contributed by atoms with van der Waals surface area (Å²) in [6.07, 6.45) is 6.20. The van der Waals surface area contributed by atoms with E-state index in [2.05, 4.69) is 18.8 Å². The van der Waals surface area contributed by atoms with Crippen molar-refractivity contribution in [1.29, 1.82) is 0 Å². The molecule has 1 aromatic rings. The quantitative estimate of drug-likeness (QED) is 0.768. The molecule has 2 heterocycles. The van der Waals surface area contributed by atoms with E-state index in [1.165, 1.54) is 6.42 Å². The summed E-state index contributed by atoms with van der Waals surface area (Å²) >= 11 is 0. The van der Waals surface area contributed by atoms with Gasteiger partial charge in [-0.2, -0.15) is 0 Å². The van der Waals surface area contributed by atoms with Crippen molar-refractivity contribution in [3.63, 3.8) is 0 Å². The zero-order chi connectivity index (χ0) is 10.8. The molecule has 2 N–H and O–H groups in total. The minimum atomic E-state index is 0.152. The highest BCUT2D eigenvalue weighted by Crippen LogP contribution is 2.35. The lowest BCUT2D eigenvalue weighted by Gasteiger charge is -2.33. The highest BCUT2D eigenvalue weighted by Gasteiger charge is 2.27. The van der Waals surface area contributed by atoms with Gasteiger partial charge in [0.1, 0.15) is 0 Å². The molecule has 0 bridgehead atoms. The number of hydrogen-bond acceptors (Lipinski definition) is 3. The van der Waals surface area contributed by atoms with Gasteiger partial charge in [-0.25, -0.2) is 0 Å². The van der Waals surface area contributed by atoms with Crippen molar-refractivity contribution in [3.05, 3.63) is 24.0 Å². The van der Waals surface area contributed by atoms with E-state index < -0.39 is 0 Å². The van der Waals surface area contributed by atoms with Gasteiger partial charge in [0.05, 0.1) is 24.1 Å². The molecule has 1 aliphatic rings. The van der Waals surface area contributed by atoms with Crippen LogP contribution in [0.4, 0.5) is 5.69 Å². The van der Waals surface area contributed by atoms with Crippen molar-refractivity contribution in [2.75, 3.05) is 5.73 Å². The molecule has 3 atom stereocenters. The number of nitrogens with zero attached hydrogens (tertiary/aromatic N) is 1. The number of rotatable bonds is 1. The third kappa shape index (κ3) is 2.12. The Labute approximate surface area is 90.7 Å². The topological polar surface area (TPSA) is 48.1 Å². The van der Waals surface area contributed by atoms with Crippen molar-refractivity contribution in [2.24, 2.45) is 5.92 Å². The van der Waals surface area contributed by atoms with Gasteiger partial charge in [0.2, 0.25) is 0 Å². The summed E-state index contributed by atoms with van der Waals surface area (Å²) in [5.41, 5.74) is 7.72. The first-order valence-corrected chi connectivity index (χ1v) is 5.53. The molecule has 1 aromatic heterocycles. The van der Waals surface area contributed by atoms with E-state index in [0.717, 1.165) is 17.7 Å². The molecule has 1 saturated heterocycles. The van der Waals surface area contributed by atoms with Crippen molar-refractivity contribution in [2.45, 2.75) is 38.9 Å². The Hall–Kier alpha value is -1.09. The summed E-state index contributed by atoms with van der Waals surface area (Å²) in [5.74, 6) is 0.643. The molecule has 0 aliphatic carbocycles. The minimum Gasteiger partial charge on any atom is -0.397 e. The standard InChI is InChI=1S/C12H18N2O/c1-8-3-4-12(15-9(8)2)10-5-6-14-7-11(10)13/h5-9,12H,3-4,13H2,1-2H3. The lowest BCUT2D eigenvalue weighted by molar-refractivity contribution is -0.0703. The number of nitrogens with two attached hydrogens (primary N) is 1. The van der Waals surface area contributed by atoms with E-state index in [1.54, 1.807) is 12.4 Å². The lowest BCUT2D eigenvalue weighted by Crippen LogP contribution is -2.27. The third-order valence-corrected chi connectivity index (χ3v) is 3.30. The third-order valence-electron chi connectivity index (χ3n) is 3.30. The van der Waals surface area contributed by atoms with Crippen LogP contribution in [-0.4, -0.2) is 11.1 Å². The van der Waals surface area contributed by atoms with Gasteiger partial charge in [0.15, 0.2) is 0 Å². The Morgan fingerprint density at radius 1 is 1.40 bits per heavy atom. The molecule has 0 aromatic carbocycles. The predicted octanol–water partition coefficient (Wildman–Crippen LogP) is 2.54. The van der Waals surface area contributed by atoms with Crippen LogP contribution in [-0.2, 0) is 4.74 Å². The zero-order valence-corrected chi connectivity index (χ0v) is 9.31. The van der Waals surface area contributed by atoms with Crippen LogP contribution in [0.3, 0.4) is 0 Å². The molecule has 0 amide bonds. The fourth-order valence-electron chi connectivity index (χ4n) is 2.05. The van der Waals surface area contributed by atoms with Crippen molar-refractivity contribution < 1.29 is 4.74 Å². The number of ether oxygens (including phenoxy) is 1. The smallest absolute Gasteiger partial charge is 0.0849 e. The number of nitrogen functional groups attached to an aromatic ring is 1. The molecule has 3 nitrogen and oxygen atoms in total. The van der Waals surface area contributed by atoms with Crippen LogP contribution in [0.2, 0.25) is 0 Å². The Kier molecular flexibility index (Phi) is 2.91. The second kappa shape index (κ2) is 4.19. The maximum atomic E-state index is 5.96. The highest BCUT2D eigenvalue weighted by atomic mass is 16.5. The monoisotopic (exact) mass is 206 g/mol. The van der Waals surface area contributed by atoms with Gasteiger partial charge in [-0.05, 0) is 31.7 Å². The van der Waals surface area contributed by atoms with E-state index in [4.69, 9.17) is 10.5 Å². The number of aromatic nitrogens is 1. The summed E-state index contributed by atoms with van der Waals surface area (Å²) in [4.78, 5) is 3.99. The van der Waals surface area contributed by atoms with Crippen LogP contribution in [0.25, 0.3) is 0 Å². The molecule has 0 radical (unpaired) electrons. The number of pyridine rings is 1. The normalized spacial score (nSPS) is 31.5. The van der Waals surface area contributed by atoms with Gasteiger partial charge in [-0.3, -0.25) is 4.98 Å². The Bertz CT molecular complexity index is 340. The summed E-state index contributed by atoms with van der Waals surface area (Å²) in [6, 6.07) is 1.96. The van der Waals surface area contributed by atoms with Crippen molar-refractivity contribution in [1.82, 2.24) is 4.98 Å². The first-order chi connectivity index (χ1) is 7.18. The van der Waals surface area contributed by atoms with Gasteiger partial charge in [-0.15, -0.1) is 0 Å². The molecule has 3 heteroatoms. The molecule has 0 spiro atoms. The van der Waals surface area contributed by atoms with Crippen molar-refractivity contribution >= 4 is 5.69 Å². The summed E-state index contributed by atoms with van der Waals surface area (Å²) < 4.78 is 5.96. The van der Waals surface area contributed by atoms with E-state index in [-0.39, 0.29) is 6.10 Å². The largest absolute Gasteiger partial charge is 0.397 e. The molecule has 15 heavy (non-hydrogen) atoms. The van der Waals surface area contributed by atoms with Gasteiger partial charge in [-0.1, -0.05) is 6.92 Å². The van der Waals surface area contributed by atoms with E-state index >= 15 is 0 Å². The Morgan fingerprint density at radius 3 is 2.87 bits per heavy atom. The van der Waals surface area contributed by atoms with Gasteiger partial charge >= 0.3 is 0 Å². The first kappa shape index (κ1) is 10.4. The first-order valence-electron chi connectivity index (χ1n) is 5.53. The predicted molar refractivity (Wildman–Crippen MR) is 60.3 cm³/mol. The SMILES string of the molecule is CC1CCC(c2ccncc2N)OC1C. The van der Waals surface area contributed by atoms with Crippen LogP contribution in [0.15, 0.2) is 18.5 Å². The van der Waals surface area contributed by atoms with E-state index in [9.17, 15) is 0 Å². The fourth-order valence-corrected chi connectivity index (χ4v) is 2.05. The van der Waals surface area contributed by atoms with Gasteiger partial charge in [0.25, 0.3) is 0 Å². The van der Waals surface area contributed by atoms with Gasteiger partial charge < -0.3 is 10.5 Å². The molecular weight excluding hydrogens is 188 g/mol. The molecule has 0 saturated carbocycles. The Morgan fingerprint density at radius 2 is 2.20 bits per heavy atom. The number of anilines is 1. The second-order valence-corrected chi connectivity index (χ2v) is 4.39. The van der Waals surface area contributed by atoms with Crippen molar-refractivity contribution in [3.8, 4) is 0 Å². The van der Waals surface area contributed by atoms with Crippen LogP contribution in [0.5, 0.6) is 0 Å². The van der Waals surface area contributed by atoms with Crippen LogP contribution >= 0.6 is 0 Å². The minimum absolute atomic E-state index is 0.152. The molecule has 1 aliphatic heterocycles. The van der Waals surface area contributed by atoms with Crippen LogP contribution in [0.1, 0.15) is 38.4 Å². The second-order valence-electron chi connectivity index (χ2n) is 4.39. The summed E-state index contributed by atoms with van der Waals surface area (Å²) in [7, 11) is 0. The van der Waals surface area contributed by atoms with E-state index in [0.29, 0.717) is 12.0 Å². The molecule has 1 fully saturated rings. The highest BCUT2D eigenvalue weighted by molar-refractivity contribution is 5.45. The molecule has 82 valence electrons. The fraction of sp³-hybridized carbons (Fsp3) is 0.583. The Balaban J connectivity index is 2.15. The molecule has 2 rings (SSSR count). The van der Waals surface area contributed by atoms with E-state index in [1.807, 2.05) is 6.07 Å². The molecule has 3 unspecified atom stereocenters. The lowest BCUT2D eigenvalue weighted by atomic mass is 9.91. The average molecular weight is 206 g/mol. The summed E-state index contributed by atoms with van der Waals surface area (Å²) in [6.45, 7) is 4.37. The maximum Gasteiger partial charge on any atom is 0.0849 e. The van der Waals surface area contributed by atoms with Gasteiger partial charge in [0, 0.05) is 11.8 Å². The average Bonchev–Trinajstić information content (AvgIpc) is 2.23. The maximum absolute atomic E-state index is 5.96. The summed E-state index contributed by atoms with van der Waals surface area (Å²) in [5, 5.41) is 0. The van der Waals surface area contributed by atoms with Crippen LogP contribution < -0.4 is 5.73 Å². The zero-order valence-electron chi connectivity index (χ0n) is 9.31. The van der Waals surface area contributed by atoms with Crippen LogP contribution in [0, 0.1) is 5.92 Å². The molecular formula is C12H18N2O.